The fourth-order valence-electron chi connectivity index (χ4n) is 3.15. The van der Waals surface area contributed by atoms with E-state index in [1.54, 1.807) is 25.1 Å². The Kier molecular flexibility index (Phi) is 6.21. The number of carbonyl (C=O) groups excluding carboxylic acids is 1. The van der Waals surface area contributed by atoms with Gasteiger partial charge in [-0.25, -0.2) is 13.2 Å². The number of carbonyl (C=O) groups is 1. The van der Waals surface area contributed by atoms with Crippen LogP contribution in [-0.2, 0) is 16.4 Å². The number of rotatable bonds is 7. The molecule has 2 N–H and O–H groups in total. The topological polar surface area (TPSA) is 87.7 Å². The lowest BCUT2D eigenvalue weighted by Gasteiger charge is -2.20. The summed E-state index contributed by atoms with van der Waals surface area (Å²) in [5.41, 5.74) is 2.25. The predicted octanol–water partition coefficient (Wildman–Crippen LogP) is 3.11. The molecule has 0 radical (unpaired) electrons. The number of fused-ring (bicyclic) bond motifs is 1. The van der Waals surface area contributed by atoms with Gasteiger partial charge in [0.2, 0.25) is 10.0 Å². The van der Waals surface area contributed by atoms with Gasteiger partial charge in [-0.05, 0) is 36.6 Å². The number of nitrogens with one attached hydrogen (secondary N) is 2. The third-order valence-electron chi connectivity index (χ3n) is 4.52. The summed E-state index contributed by atoms with van der Waals surface area (Å²) in [6.07, 6.45) is 0.642. The molecule has 0 fully saturated rings. The maximum atomic E-state index is 12.6. The van der Waals surface area contributed by atoms with E-state index in [4.69, 9.17) is 0 Å². The van der Waals surface area contributed by atoms with Crippen molar-refractivity contribution in [2.45, 2.75) is 20.0 Å². The van der Waals surface area contributed by atoms with E-state index in [0.717, 1.165) is 5.56 Å². The van der Waals surface area contributed by atoms with Crippen LogP contribution in [0.1, 0.15) is 11.1 Å². The number of hydrogen-bond donors (Lipinski definition) is 2. The monoisotopic (exact) mass is 425 g/mol. The van der Waals surface area contributed by atoms with Gasteiger partial charge in [-0.15, -0.1) is 0 Å². The molecule has 0 spiro atoms. The summed E-state index contributed by atoms with van der Waals surface area (Å²) >= 11 is 0. The maximum absolute atomic E-state index is 12.6. The number of benzene rings is 2. The summed E-state index contributed by atoms with van der Waals surface area (Å²) < 4.78 is 56.1. The van der Waals surface area contributed by atoms with Gasteiger partial charge in [0.05, 0.1) is 17.1 Å². The number of nitrogens with zero attached hydrogens (tertiary/aromatic N) is 1. The van der Waals surface area contributed by atoms with Gasteiger partial charge in [-0.2, -0.15) is 8.78 Å². The molecular weight excluding hydrogens is 404 g/mol. The highest BCUT2D eigenvalue weighted by Gasteiger charge is 2.28. The SMILES string of the molecule is Cc1cccc(OC(F)F)c1NC(=O)NCCS(=O)(=O)N1CCc2ccccc21. The lowest BCUT2D eigenvalue weighted by Crippen LogP contribution is -2.38. The number of sulfonamides is 1. The quantitative estimate of drug-likeness (QED) is 0.714. The molecule has 1 aliphatic rings. The molecule has 2 amide bonds. The number of alkyl halides is 2. The summed E-state index contributed by atoms with van der Waals surface area (Å²) in [4.78, 5) is 12.1. The van der Waals surface area contributed by atoms with Crippen LogP contribution in [0.2, 0.25) is 0 Å². The minimum atomic E-state index is -3.61. The molecule has 0 saturated carbocycles. The molecular formula is C19H21F2N3O4S. The number of amides is 2. The van der Waals surface area contributed by atoms with Crippen LogP contribution in [0.3, 0.4) is 0 Å². The zero-order chi connectivity index (χ0) is 21.0. The number of hydrogen-bond acceptors (Lipinski definition) is 4. The van der Waals surface area contributed by atoms with E-state index in [1.807, 2.05) is 12.1 Å². The summed E-state index contributed by atoms with van der Waals surface area (Å²) in [5, 5.41) is 4.88. The Morgan fingerprint density at radius 2 is 1.97 bits per heavy atom. The number of para-hydroxylation sites is 2. The highest BCUT2D eigenvalue weighted by Crippen LogP contribution is 2.30. The first-order valence-electron chi connectivity index (χ1n) is 8.95. The Morgan fingerprint density at radius 3 is 2.72 bits per heavy atom. The second-order valence-electron chi connectivity index (χ2n) is 6.47. The van der Waals surface area contributed by atoms with Crippen LogP contribution in [0.15, 0.2) is 42.5 Å². The highest BCUT2D eigenvalue weighted by molar-refractivity contribution is 7.92. The first-order chi connectivity index (χ1) is 13.8. The van der Waals surface area contributed by atoms with Crippen molar-refractivity contribution in [2.75, 3.05) is 28.5 Å². The van der Waals surface area contributed by atoms with Gasteiger partial charge in [0.1, 0.15) is 5.75 Å². The van der Waals surface area contributed by atoms with Gasteiger partial charge >= 0.3 is 12.6 Å². The second kappa shape index (κ2) is 8.64. The average Bonchev–Trinajstić information content (AvgIpc) is 3.09. The van der Waals surface area contributed by atoms with E-state index in [1.165, 1.54) is 16.4 Å². The molecule has 3 rings (SSSR count). The van der Waals surface area contributed by atoms with Crippen molar-refractivity contribution in [2.24, 2.45) is 0 Å². The van der Waals surface area contributed by atoms with E-state index in [0.29, 0.717) is 24.2 Å². The van der Waals surface area contributed by atoms with Crippen molar-refractivity contribution in [3.63, 3.8) is 0 Å². The molecule has 0 aromatic heterocycles. The molecule has 0 atom stereocenters. The molecule has 10 heteroatoms. The van der Waals surface area contributed by atoms with Crippen LogP contribution in [0.25, 0.3) is 0 Å². The van der Waals surface area contributed by atoms with Crippen molar-refractivity contribution >= 4 is 27.4 Å². The highest BCUT2D eigenvalue weighted by atomic mass is 32.2. The lowest BCUT2D eigenvalue weighted by molar-refractivity contribution is -0.0493. The van der Waals surface area contributed by atoms with Gasteiger partial charge in [-0.3, -0.25) is 4.31 Å². The van der Waals surface area contributed by atoms with Gasteiger partial charge in [0.25, 0.3) is 0 Å². The van der Waals surface area contributed by atoms with Crippen LogP contribution in [0.5, 0.6) is 5.75 Å². The normalized spacial score (nSPS) is 13.3. The zero-order valence-corrected chi connectivity index (χ0v) is 16.5. The van der Waals surface area contributed by atoms with Gasteiger partial charge in [-0.1, -0.05) is 30.3 Å². The number of ether oxygens (including phenoxy) is 1. The average molecular weight is 425 g/mol. The number of urea groups is 1. The molecule has 1 heterocycles. The summed E-state index contributed by atoms with van der Waals surface area (Å²) in [5.74, 6) is -0.459. The molecule has 0 bridgehead atoms. The molecule has 1 aliphatic heterocycles. The van der Waals surface area contributed by atoms with Gasteiger partial charge in [0, 0.05) is 13.1 Å². The van der Waals surface area contributed by atoms with Crippen LogP contribution in [-0.4, -0.2) is 39.9 Å². The van der Waals surface area contributed by atoms with Gasteiger partial charge in [0.15, 0.2) is 0 Å². The molecule has 2 aromatic rings. The minimum absolute atomic E-state index is 0.0987. The Balaban J connectivity index is 1.58. The molecule has 0 saturated heterocycles. The van der Waals surface area contributed by atoms with Gasteiger partial charge < -0.3 is 15.4 Å². The molecule has 156 valence electrons. The maximum Gasteiger partial charge on any atom is 0.387 e. The van der Waals surface area contributed by atoms with E-state index in [-0.39, 0.29) is 23.7 Å². The largest absolute Gasteiger partial charge is 0.433 e. The molecule has 29 heavy (non-hydrogen) atoms. The Hall–Kier alpha value is -2.88. The number of halogens is 2. The van der Waals surface area contributed by atoms with Crippen molar-refractivity contribution in [3.8, 4) is 5.75 Å². The standard InChI is InChI=1S/C19H21F2N3O4S/c1-13-5-4-8-16(28-18(20)21)17(13)23-19(25)22-10-12-29(26,27)24-11-9-14-6-2-3-7-15(14)24/h2-8,18H,9-12H2,1H3,(H2,22,23,25). The first kappa shape index (κ1) is 20.8. The lowest BCUT2D eigenvalue weighted by atomic mass is 10.2. The third-order valence-corrected chi connectivity index (χ3v) is 6.29. The van der Waals surface area contributed by atoms with Crippen molar-refractivity contribution in [1.82, 2.24) is 5.32 Å². The van der Waals surface area contributed by atoms with E-state index < -0.39 is 22.7 Å². The van der Waals surface area contributed by atoms with Crippen molar-refractivity contribution in [3.05, 3.63) is 53.6 Å². The fourth-order valence-corrected chi connectivity index (χ4v) is 4.58. The molecule has 0 aliphatic carbocycles. The van der Waals surface area contributed by atoms with Crippen LogP contribution >= 0.6 is 0 Å². The molecule has 2 aromatic carbocycles. The van der Waals surface area contributed by atoms with Crippen LogP contribution in [0, 0.1) is 6.92 Å². The van der Waals surface area contributed by atoms with Crippen molar-refractivity contribution in [1.29, 1.82) is 0 Å². The Labute approximate surface area is 167 Å². The summed E-state index contributed by atoms with van der Waals surface area (Å²) in [6.45, 7) is -1.17. The minimum Gasteiger partial charge on any atom is -0.433 e. The Bertz CT molecular complexity index is 999. The molecule has 0 unspecified atom stereocenters. The Morgan fingerprint density at radius 1 is 1.21 bits per heavy atom. The van der Waals surface area contributed by atoms with Crippen LogP contribution < -0.4 is 19.7 Å². The third kappa shape index (κ3) is 4.94. The number of aryl methyl sites for hydroxylation is 1. The summed E-state index contributed by atoms with van der Waals surface area (Å²) in [7, 11) is -3.61. The summed E-state index contributed by atoms with van der Waals surface area (Å²) in [6, 6.07) is 11.0. The van der Waals surface area contributed by atoms with E-state index >= 15 is 0 Å². The van der Waals surface area contributed by atoms with E-state index in [2.05, 4.69) is 15.4 Å². The smallest absolute Gasteiger partial charge is 0.387 e. The first-order valence-corrected chi connectivity index (χ1v) is 10.6. The molecule has 7 nitrogen and oxygen atoms in total. The number of anilines is 2. The predicted molar refractivity (Wildman–Crippen MR) is 106 cm³/mol. The fraction of sp³-hybridized carbons (Fsp3) is 0.316. The van der Waals surface area contributed by atoms with Crippen LogP contribution in [0.4, 0.5) is 25.0 Å². The van der Waals surface area contributed by atoms with E-state index in [9.17, 15) is 22.0 Å². The zero-order valence-electron chi connectivity index (χ0n) is 15.7. The van der Waals surface area contributed by atoms with Crippen molar-refractivity contribution < 1.29 is 26.7 Å². The second-order valence-corrected chi connectivity index (χ2v) is 8.49.